The van der Waals surface area contributed by atoms with E-state index in [1.165, 1.54) is 0 Å². The standard InChI is InChI=1S/C14H18N2O2S/c1-10-12(17)15-14(6-3-2-4-7-14)13(18)16(10)11-5-8-19-9-11/h5,8-10H,2-4,6-7H2,1H3,(H,15,17). The fourth-order valence-corrected chi connectivity index (χ4v) is 3.77. The fraction of sp³-hybridized carbons (Fsp3) is 0.571. The van der Waals surface area contributed by atoms with Crippen LogP contribution in [0.1, 0.15) is 39.0 Å². The molecule has 2 aliphatic rings. The van der Waals surface area contributed by atoms with E-state index in [1.807, 2.05) is 16.8 Å². The third-order valence-electron chi connectivity index (χ3n) is 4.25. The fourth-order valence-electron chi connectivity index (χ4n) is 3.15. The largest absolute Gasteiger partial charge is 0.340 e. The Morgan fingerprint density at radius 2 is 2.05 bits per heavy atom. The molecule has 0 aromatic carbocycles. The van der Waals surface area contributed by atoms with Crippen LogP contribution in [0.2, 0.25) is 0 Å². The van der Waals surface area contributed by atoms with Gasteiger partial charge >= 0.3 is 0 Å². The van der Waals surface area contributed by atoms with Gasteiger partial charge in [0, 0.05) is 5.38 Å². The number of anilines is 1. The van der Waals surface area contributed by atoms with Crippen molar-refractivity contribution >= 4 is 28.8 Å². The van der Waals surface area contributed by atoms with Gasteiger partial charge in [-0.3, -0.25) is 14.5 Å². The summed E-state index contributed by atoms with van der Waals surface area (Å²) in [6.45, 7) is 1.79. The van der Waals surface area contributed by atoms with E-state index in [4.69, 9.17) is 0 Å². The molecule has 2 fully saturated rings. The van der Waals surface area contributed by atoms with Gasteiger partial charge in [0.05, 0.1) is 5.69 Å². The van der Waals surface area contributed by atoms with E-state index in [9.17, 15) is 9.59 Å². The molecule has 0 bridgehead atoms. The Morgan fingerprint density at radius 1 is 1.32 bits per heavy atom. The van der Waals surface area contributed by atoms with E-state index in [-0.39, 0.29) is 11.8 Å². The molecule has 1 aromatic heterocycles. The molecule has 5 heteroatoms. The first-order chi connectivity index (χ1) is 9.14. The van der Waals surface area contributed by atoms with Crippen molar-refractivity contribution in [1.29, 1.82) is 0 Å². The lowest BCUT2D eigenvalue weighted by Crippen LogP contribution is -2.70. The highest BCUT2D eigenvalue weighted by atomic mass is 32.1. The number of hydrogen-bond donors (Lipinski definition) is 1. The summed E-state index contributed by atoms with van der Waals surface area (Å²) in [5.74, 6) is 0.0328. The van der Waals surface area contributed by atoms with Crippen LogP contribution in [-0.2, 0) is 9.59 Å². The zero-order valence-electron chi connectivity index (χ0n) is 11.0. The molecule has 0 radical (unpaired) electrons. The molecule has 1 aliphatic carbocycles. The van der Waals surface area contributed by atoms with Crippen LogP contribution in [-0.4, -0.2) is 23.4 Å². The average molecular weight is 278 g/mol. The first-order valence-corrected chi connectivity index (χ1v) is 7.76. The van der Waals surface area contributed by atoms with Gasteiger partial charge in [-0.15, -0.1) is 0 Å². The molecule has 1 atom stereocenters. The topological polar surface area (TPSA) is 49.4 Å². The summed E-state index contributed by atoms with van der Waals surface area (Å²) in [6, 6.07) is 1.49. The number of rotatable bonds is 1. The third-order valence-corrected chi connectivity index (χ3v) is 4.92. The zero-order chi connectivity index (χ0) is 13.5. The zero-order valence-corrected chi connectivity index (χ0v) is 11.8. The van der Waals surface area contributed by atoms with Crippen LogP contribution >= 0.6 is 11.3 Å². The van der Waals surface area contributed by atoms with Gasteiger partial charge in [-0.05, 0) is 31.2 Å². The van der Waals surface area contributed by atoms with Crippen LogP contribution in [0.5, 0.6) is 0 Å². The maximum Gasteiger partial charge on any atom is 0.253 e. The van der Waals surface area contributed by atoms with Crippen molar-refractivity contribution in [3.05, 3.63) is 16.8 Å². The normalized spacial score (nSPS) is 26.6. The first-order valence-electron chi connectivity index (χ1n) is 6.82. The number of piperazine rings is 1. The Kier molecular flexibility index (Phi) is 3.09. The predicted molar refractivity (Wildman–Crippen MR) is 75.2 cm³/mol. The van der Waals surface area contributed by atoms with Crippen molar-refractivity contribution in [3.8, 4) is 0 Å². The quantitative estimate of drug-likeness (QED) is 0.857. The highest BCUT2D eigenvalue weighted by Crippen LogP contribution is 2.35. The Bertz CT molecular complexity index is 492. The summed E-state index contributed by atoms with van der Waals surface area (Å²) in [7, 11) is 0. The third kappa shape index (κ3) is 1.96. The van der Waals surface area contributed by atoms with E-state index in [0.717, 1.165) is 37.8 Å². The van der Waals surface area contributed by atoms with Gasteiger partial charge in [-0.25, -0.2) is 0 Å². The van der Waals surface area contributed by atoms with Crippen LogP contribution in [0.4, 0.5) is 5.69 Å². The summed E-state index contributed by atoms with van der Waals surface area (Å²) >= 11 is 1.55. The number of hydrogen-bond acceptors (Lipinski definition) is 3. The van der Waals surface area contributed by atoms with Crippen LogP contribution in [0, 0.1) is 0 Å². The van der Waals surface area contributed by atoms with Gasteiger partial charge in [-0.2, -0.15) is 11.3 Å². The highest BCUT2D eigenvalue weighted by Gasteiger charge is 2.50. The maximum atomic E-state index is 12.9. The number of carbonyl (C=O) groups excluding carboxylic acids is 2. The van der Waals surface area contributed by atoms with Crippen LogP contribution in [0.3, 0.4) is 0 Å². The molecule has 1 N–H and O–H groups in total. The van der Waals surface area contributed by atoms with Crippen molar-refractivity contribution < 1.29 is 9.59 Å². The van der Waals surface area contributed by atoms with Crippen LogP contribution < -0.4 is 10.2 Å². The number of nitrogens with one attached hydrogen (secondary N) is 1. The van der Waals surface area contributed by atoms with Gasteiger partial charge in [-0.1, -0.05) is 19.3 Å². The molecular formula is C14H18N2O2S. The molecule has 1 unspecified atom stereocenters. The van der Waals surface area contributed by atoms with E-state index >= 15 is 0 Å². The van der Waals surface area contributed by atoms with E-state index in [2.05, 4.69) is 5.32 Å². The minimum Gasteiger partial charge on any atom is -0.340 e. The number of nitrogens with zero attached hydrogens (tertiary/aromatic N) is 1. The molecule has 2 amide bonds. The van der Waals surface area contributed by atoms with Crippen molar-refractivity contribution in [2.45, 2.75) is 50.6 Å². The van der Waals surface area contributed by atoms with Gasteiger partial charge in [0.1, 0.15) is 11.6 Å². The highest BCUT2D eigenvalue weighted by molar-refractivity contribution is 7.08. The lowest BCUT2D eigenvalue weighted by molar-refractivity contribution is -0.139. The van der Waals surface area contributed by atoms with Gasteiger partial charge < -0.3 is 5.32 Å². The number of thiophene rings is 1. The summed E-state index contributed by atoms with van der Waals surface area (Å²) < 4.78 is 0. The Labute approximate surface area is 116 Å². The summed E-state index contributed by atoms with van der Waals surface area (Å²) in [5, 5.41) is 6.87. The monoisotopic (exact) mass is 278 g/mol. The van der Waals surface area contributed by atoms with E-state index < -0.39 is 11.6 Å². The molecule has 3 rings (SSSR count). The van der Waals surface area contributed by atoms with Gasteiger partial charge in [0.2, 0.25) is 5.91 Å². The second kappa shape index (κ2) is 4.63. The molecule has 1 aliphatic heterocycles. The maximum absolute atomic E-state index is 12.9. The molecule has 102 valence electrons. The van der Waals surface area contributed by atoms with Gasteiger partial charge in [0.15, 0.2) is 0 Å². The molecule has 1 saturated heterocycles. The van der Waals surface area contributed by atoms with Gasteiger partial charge in [0.25, 0.3) is 5.91 Å². The first kappa shape index (κ1) is 12.7. The van der Waals surface area contributed by atoms with E-state index in [1.54, 1.807) is 23.2 Å². The average Bonchev–Trinajstić information content (AvgIpc) is 2.92. The van der Waals surface area contributed by atoms with Crippen molar-refractivity contribution in [1.82, 2.24) is 5.32 Å². The second-order valence-electron chi connectivity index (χ2n) is 5.46. The van der Waals surface area contributed by atoms with Crippen LogP contribution in [0.25, 0.3) is 0 Å². The number of amides is 2. The Morgan fingerprint density at radius 3 is 2.68 bits per heavy atom. The Balaban J connectivity index is 1.98. The summed E-state index contributed by atoms with van der Waals surface area (Å²) in [4.78, 5) is 26.8. The lowest BCUT2D eigenvalue weighted by atomic mass is 9.78. The molecule has 1 saturated carbocycles. The molecule has 2 heterocycles. The minimum atomic E-state index is -0.649. The molecule has 1 spiro atoms. The SMILES string of the molecule is CC1C(=O)NC2(CCCCC2)C(=O)N1c1ccsc1. The molecule has 1 aromatic rings. The lowest BCUT2D eigenvalue weighted by Gasteiger charge is -2.46. The predicted octanol–water partition coefficient (Wildman–Crippen LogP) is 2.30. The Hall–Kier alpha value is -1.36. The van der Waals surface area contributed by atoms with Crippen molar-refractivity contribution in [2.24, 2.45) is 0 Å². The van der Waals surface area contributed by atoms with Crippen LogP contribution in [0.15, 0.2) is 16.8 Å². The minimum absolute atomic E-state index is 0.0345. The second-order valence-corrected chi connectivity index (χ2v) is 6.24. The van der Waals surface area contributed by atoms with E-state index in [0.29, 0.717) is 0 Å². The van der Waals surface area contributed by atoms with Crippen molar-refractivity contribution in [3.63, 3.8) is 0 Å². The van der Waals surface area contributed by atoms with Crippen molar-refractivity contribution in [2.75, 3.05) is 4.90 Å². The molecule has 19 heavy (non-hydrogen) atoms. The molecule has 4 nitrogen and oxygen atoms in total. The molecular weight excluding hydrogens is 260 g/mol. The smallest absolute Gasteiger partial charge is 0.253 e. The summed E-state index contributed by atoms with van der Waals surface area (Å²) in [6.07, 6.45) is 4.71. The summed E-state index contributed by atoms with van der Waals surface area (Å²) in [5.41, 5.74) is 0.200. The number of carbonyl (C=O) groups is 2.